The van der Waals surface area contributed by atoms with Gasteiger partial charge in [-0.2, -0.15) is 5.10 Å². The predicted octanol–water partition coefficient (Wildman–Crippen LogP) is 3.42. The Kier molecular flexibility index (Phi) is 6.05. The lowest BCUT2D eigenvalue weighted by Gasteiger charge is -2.44. The van der Waals surface area contributed by atoms with E-state index in [1.165, 1.54) is 51.4 Å². The van der Waals surface area contributed by atoms with Gasteiger partial charge in [-0.25, -0.2) is 0 Å². The Balaban J connectivity index is 0.00000182. The van der Waals surface area contributed by atoms with Crippen LogP contribution >= 0.6 is 12.4 Å². The van der Waals surface area contributed by atoms with Crippen LogP contribution in [0.1, 0.15) is 74.3 Å². The Bertz CT molecular complexity index is 566. The number of carbonyl (C=O) groups excluding carboxylic acids is 1. The second-order valence-electron chi connectivity index (χ2n) is 8.03. The Labute approximate surface area is 156 Å². The van der Waals surface area contributed by atoms with Crippen LogP contribution in [0.3, 0.4) is 0 Å². The fourth-order valence-corrected chi connectivity index (χ4v) is 4.86. The molecule has 1 amide bonds. The molecular weight excluding hydrogens is 336 g/mol. The lowest BCUT2D eigenvalue weighted by atomic mass is 9.68. The molecule has 4 rings (SSSR count). The van der Waals surface area contributed by atoms with Crippen LogP contribution in [0.4, 0.5) is 0 Å². The largest absolute Gasteiger partial charge is 0.337 e. The topological polar surface area (TPSA) is 50.2 Å². The lowest BCUT2D eigenvalue weighted by Crippen LogP contribution is -2.44. The van der Waals surface area contributed by atoms with Crippen molar-refractivity contribution in [2.45, 2.75) is 63.8 Å². The van der Waals surface area contributed by atoms with E-state index in [-0.39, 0.29) is 18.3 Å². The van der Waals surface area contributed by atoms with Gasteiger partial charge in [-0.3, -0.25) is 9.48 Å². The highest BCUT2D eigenvalue weighted by Gasteiger charge is 2.37. The first-order valence-electron chi connectivity index (χ1n) is 9.81. The van der Waals surface area contributed by atoms with Gasteiger partial charge < -0.3 is 10.2 Å². The summed E-state index contributed by atoms with van der Waals surface area (Å²) in [5.74, 6) is 0.128. The Morgan fingerprint density at radius 2 is 1.88 bits per heavy atom. The fraction of sp³-hybridized carbons (Fsp3) is 0.789. The van der Waals surface area contributed by atoms with Crippen molar-refractivity contribution in [1.29, 1.82) is 0 Å². The molecule has 1 unspecified atom stereocenters. The standard InChI is InChI=1S/C19H30N4O.ClH/c24-18(17-6-12-23(21-17)16-5-4-11-20-15-16)22-13-9-19(10-14-22)7-2-1-3-8-19;/h6,12,16,20H,1-5,7-11,13-15H2;1H. The van der Waals surface area contributed by atoms with Gasteiger partial charge in [-0.15, -0.1) is 12.4 Å². The zero-order chi connectivity index (χ0) is 16.4. The number of likely N-dealkylation sites (tertiary alicyclic amines) is 1. The summed E-state index contributed by atoms with van der Waals surface area (Å²) in [6.07, 6.45) is 13.6. The molecule has 3 fully saturated rings. The maximum absolute atomic E-state index is 12.8. The van der Waals surface area contributed by atoms with Crippen molar-refractivity contribution >= 4 is 18.3 Å². The first kappa shape index (κ1) is 18.7. The van der Waals surface area contributed by atoms with Crippen molar-refractivity contribution < 1.29 is 4.79 Å². The molecule has 1 spiro atoms. The number of rotatable bonds is 2. The molecule has 3 heterocycles. The number of piperidine rings is 2. The summed E-state index contributed by atoms with van der Waals surface area (Å²) in [7, 11) is 0. The second kappa shape index (κ2) is 8.09. The van der Waals surface area contributed by atoms with Crippen LogP contribution in [-0.2, 0) is 0 Å². The summed E-state index contributed by atoms with van der Waals surface area (Å²) in [6, 6.07) is 2.30. The van der Waals surface area contributed by atoms with Crippen LogP contribution in [0.15, 0.2) is 12.3 Å². The van der Waals surface area contributed by atoms with E-state index in [2.05, 4.69) is 10.4 Å². The molecule has 0 aromatic carbocycles. The van der Waals surface area contributed by atoms with Crippen LogP contribution < -0.4 is 5.32 Å². The van der Waals surface area contributed by atoms with Gasteiger partial charge in [0.15, 0.2) is 0 Å². The SMILES string of the molecule is Cl.O=C(c1ccn(C2CCCNC2)n1)N1CCC2(CCCCC2)CC1. The summed E-state index contributed by atoms with van der Waals surface area (Å²) < 4.78 is 1.99. The average Bonchev–Trinajstić information content (AvgIpc) is 3.13. The molecule has 1 atom stereocenters. The quantitative estimate of drug-likeness (QED) is 0.872. The van der Waals surface area contributed by atoms with Crippen molar-refractivity contribution in [3.8, 4) is 0 Å². The Morgan fingerprint density at radius 1 is 1.12 bits per heavy atom. The van der Waals surface area contributed by atoms with E-state index in [0.717, 1.165) is 32.6 Å². The van der Waals surface area contributed by atoms with Crippen molar-refractivity contribution in [3.05, 3.63) is 18.0 Å². The minimum atomic E-state index is 0. The van der Waals surface area contributed by atoms with Gasteiger partial charge in [0.25, 0.3) is 5.91 Å². The van der Waals surface area contributed by atoms with E-state index in [0.29, 0.717) is 17.2 Å². The van der Waals surface area contributed by atoms with Crippen LogP contribution in [0, 0.1) is 5.41 Å². The molecule has 0 radical (unpaired) electrons. The minimum Gasteiger partial charge on any atom is -0.337 e. The highest BCUT2D eigenvalue weighted by molar-refractivity contribution is 5.92. The van der Waals surface area contributed by atoms with Gasteiger partial charge in [0.2, 0.25) is 0 Å². The van der Waals surface area contributed by atoms with Gasteiger partial charge in [0.05, 0.1) is 6.04 Å². The number of hydrogen-bond acceptors (Lipinski definition) is 3. The number of carbonyl (C=O) groups is 1. The van der Waals surface area contributed by atoms with Crippen LogP contribution in [0.5, 0.6) is 0 Å². The Hall–Kier alpha value is -1.07. The van der Waals surface area contributed by atoms with E-state index in [1.807, 2.05) is 21.8 Å². The van der Waals surface area contributed by atoms with Gasteiger partial charge in [-0.1, -0.05) is 19.3 Å². The van der Waals surface area contributed by atoms with Gasteiger partial charge >= 0.3 is 0 Å². The van der Waals surface area contributed by atoms with E-state index in [9.17, 15) is 4.79 Å². The summed E-state index contributed by atoms with van der Waals surface area (Å²) in [5.41, 5.74) is 1.17. The van der Waals surface area contributed by atoms with E-state index < -0.39 is 0 Å². The molecule has 2 aliphatic heterocycles. The number of amides is 1. The molecule has 1 saturated carbocycles. The molecule has 1 aliphatic carbocycles. The zero-order valence-corrected chi connectivity index (χ0v) is 15.9. The monoisotopic (exact) mass is 366 g/mol. The van der Waals surface area contributed by atoms with E-state index in [4.69, 9.17) is 0 Å². The molecule has 3 aliphatic rings. The third-order valence-corrected chi connectivity index (χ3v) is 6.50. The van der Waals surface area contributed by atoms with Crippen LogP contribution in [0.25, 0.3) is 0 Å². The zero-order valence-electron chi connectivity index (χ0n) is 15.1. The molecule has 1 aromatic rings. The van der Waals surface area contributed by atoms with Crippen molar-refractivity contribution in [2.75, 3.05) is 26.2 Å². The number of halogens is 1. The number of nitrogens with zero attached hydrogens (tertiary/aromatic N) is 3. The van der Waals surface area contributed by atoms with Crippen molar-refractivity contribution in [2.24, 2.45) is 5.41 Å². The highest BCUT2D eigenvalue weighted by atomic mass is 35.5. The first-order chi connectivity index (χ1) is 11.8. The molecule has 1 aromatic heterocycles. The summed E-state index contributed by atoms with van der Waals surface area (Å²) in [5, 5.41) is 8.01. The number of hydrogen-bond donors (Lipinski definition) is 1. The van der Waals surface area contributed by atoms with Gasteiger partial charge in [0, 0.05) is 25.8 Å². The fourth-order valence-electron chi connectivity index (χ4n) is 4.86. The normalized spacial score (nSPS) is 26.2. The third-order valence-electron chi connectivity index (χ3n) is 6.50. The molecule has 5 nitrogen and oxygen atoms in total. The van der Waals surface area contributed by atoms with Crippen LogP contribution in [-0.4, -0.2) is 46.8 Å². The smallest absolute Gasteiger partial charge is 0.274 e. The predicted molar refractivity (Wildman–Crippen MR) is 101 cm³/mol. The van der Waals surface area contributed by atoms with E-state index in [1.54, 1.807) is 0 Å². The summed E-state index contributed by atoms with van der Waals surface area (Å²) in [6.45, 7) is 3.88. The molecular formula is C19H31ClN4O. The second-order valence-corrected chi connectivity index (χ2v) is 8.03. The van der Waals surface area contributed by atoms with Crippen molar-refractivity contribution in [1.82, 2.24) is 20.0 Å². The van der Waals surface area contributed by atoms with Gasteiger partial charge in [-0.05, 0) is 56.6 Å². The molecule has 25 heavy (non-hydrogen) atoms. The number of nitrogens with one attached hydrogen (secondary N) is 1. The third kappa shape index (κ3) is 4.03. The molecule has 6 heteroatoms. The first-order valence-corrected chi connectivity index (χ1v) is 9.81. The van der Waals surface area contributed by atoms with Gasteiger partial charge in [0.1, 0.15) is 5.69 Å². The number of aromatic nitrogens is 2. The van der Waals surface area contributed by atoms with Crippen LogP contribution in [0.2, 0.25) is 0 Å². The maximum atomic E-state index is 12.8. The minimum absolute atomic E-state index is 0. The molecule has 0 bridgehead atoms. The highest BCUT2D eigenvalue weighted by Crippen LogP contribution is 2.44. The maximum Gasteiger partial charge on any atom is 0.274 e. The van der Waals surface area contributed by atoms with E-state index >= 15 is 0 Å². The summed E-state index contributed by atoms with van der Waals surface area (Å²) in [4.78, 5) is 14.8. The molecule has 2 saturated heterocycles. The summed E-state index contributed by atoms with van der Waals surface area (Å²) >= 11 is 0. The lowest BCUT2D eigenvalue weighted by molar-refractivity contribution is 0.0466. The van der Waals surface area contributed by atoms with Crippen molar-refractivity contribution in [3.63, 3.8) is 0 Å². The average molecular weight is 367 g/mol. The Morgan fingerprint density at radius 3 is 2.56 bits per heavy atom. The molecule has 140 valence electrons. The molecule has 1 N–H and O–H groups in total.